The van der Waals surface area contributed by atoms with Gasteiger partial charge in [-0.05, 0) is 80.2 Å². The third-order valence-electron chi connectivity index (χ3n) is 7.50. The van der Waals surface area contributed by atoms with Gasteiger partial charge >= 0.3 is 0 Å². The fourth-order valence-electron chi connectivity index (χ4n) is 5.56. The summed E-state index contributed by atoms with van der Waals surface area (Å²) in [5, 5.41) is 13.8. The number of hydrogen-bond acceptors (Lipinski definition) is 4. The summed E-state index contributed by atoms with van der Waals surface area (Å²) in [6.07, 6.45) is 5.16. The lowest BCUT2D eigenvalue weighted by atomic mass is 9.87. The van der Waals surface area contributed by atoms with E-state index in [-0.39, 0.29) is 0 Å². The Hall–Kier alpha value is -6.17. The first-order valence-corrected chi connectivity index (χ1v) is 13.4. The Bertz CT molecular complexity index is 1990. The van der Waals surface area contributed by atoms with Crippen molar-refractivity contribution in [2.75, 3.05) is 0 Å². The molecule has 0 saturated heterocycles. The van der Waals surface area contributed by atoms with Gasteiger partial charge in [-0.2, -0.15) is 5.26 Å². The van der Waals surface area contributed by atoms with Crippen molar-refractivity contribution in [2.24, 2.45) is 0 Å². The number of nitriles is 1. The number of fused-ring (bicyclic) bond motifs is 2. The lowest BCUT2D eigenvalue weighted by Crippen LogP contribution is -1.93. The van der Waals surface area contributed by atoms with Crippen molar-refractivity contribution in [1.82, 2.24) is 15.0 Å². The molecule has 0 fully saturated rings. The topological polar surface area (TPSA) is 66.8 Å². The Labute approximate surface area is 242 Å². The molecule has 0 spiro atoms. The van der Waals surface area contributed by atoms with Crippen molar-refractivity contribution in [2.45, 2.75) is 0 Å². The number of aromatic nitrogens is 3. The van der Waals surface area contributed by atoms with Crippen LogP contribution in [0, 0.1) is 17.9 Å². The molecule has 0 radical (unpaired) electrons. The smallest absolute Gasteiger partial charge is 0.190 e. The average Bonchev–Trinajstić information content (AvgIpc) is 3.07. The molecule has 0 unspecified atom stereocenters. The van der Waals surface area contributed by atoms with Gasteiger partial charge in [0.05, 0.1) is 18.0 Å². The van der Waals surface area contributed by atoms with E-state index < -0.39 is 0 Å². The number of hydrogen-bond donors (Lipinski definition) is 0. The molecule has 0 N–H and O–H groups in total. The summed E-state index contributed by atoms with van der Waals surface area (Å²) < 4.78 is 0. The first-order valence-electron chi connectivity index (χ1n) is 13.4. The number of pyridine rings is 3. The highest BCUT2D eigenvalue weighted by atomic mass is 14.7. The predicted molar refractivity (Wildman–Crippen MR) is 168 cm³/mol. The molecule has 194 valence electrons. The molecule has 0 aliphatic carbocycles. The molecule has 0 bridgehead atoms. The van der Waals surface area contributed by atoms with E-state index in [1.165, 1.54) is 5.56 Å². The highest BCUT2D eigenvalue weighted by molar-refractivity contribution is 6.21. The third kappa shape index (κ3) is 4.32. The molecule has 5 nitrogen and oxygen atoms in total. The van der Waals surface area contributed by atoms with E-state index in [0.717, 1.165) is 60.8 Å². The molecule has 4 aromatic carbocycles. The van der Waals surface area contributed by atoms with Crippen molar-refractivity contribution in [3.05, 3.63) is 145 Å². The number of nitrogens with zero attached hydrogens (tertiary/aromatic N) is 5. The molecule has 42 heavy (non-hydrogen) atoms. The van der Waals surface area contributed by atoms with Gasteiger partial charge in [-0.15, -0.1) is 0 Å². The summed E-state index contributed by atoms with van der Waals surface area (Å²) in [6.45, 7) is 7.32. The molecule has 7 aromatic rings. The lowest BCUT2D eigenvalue weighted by Gasteiger charge is -2.17. The maximum Gasteiger partial charge on any atom is 0.190 e. The number of rotatable bonds is 4. The van der Waals surface area contributed by atoms with Crippen molar-refractivity contribution in [3.63, 3.8) is 0 Å². The second-order valence-electron chi connectivity index (χ2n) is 9.90. The second-order valence-corrected chi connectivity index (χ2v) is 9.90. The van der Waals surface area contributed by atoms with Crippen LogP contribution < -0.4 is 0 Å². The molecule has 0 atom stereocenters. The van der Waals surface area contributed by atoms with Crippen LogP contribution in [-0.2, 0) is 0 Å². The van der Waals surface area contributed by atoms with E-state index in [2.05, 4.69) is 93.7 Å². The van der Waals surface area contributed by atoms with Gasteiger partial charge in [0.2, 0.25) is 0 Å². The van der Waals surface area contributed by atoms with Gasteiger partial charge in [-0.3, -0.25) is 9.97 Å². The zero-order valence-corrected chi connectivity index (χ0v) is 22.4. The molecule has 3 aromatic heterocycles. The molecule has 0 aliphatic rings. The van der Waals surface area contributed by atoms with Crippen molar-refractivity contribution in [3.8, 4) is 50.8 Å². The maximum atomic E-state index is 9.26. The molecular weight excluding hydrogens is 514 g/mol. The average molecular weight is 536 g/mol. The molecule has 5 heteroatoms. The Kier molecular flexibility index (Phi) is 6.17. The zero-order chi connectivity index (χ0) is 28.5. The quantitative estimate of drug-likeness (QED) is 0.166. The van der Waals surface area contributed by atoms with Gasteiger partial charge in [-0.25, -0.2) is 9.83 Å². The highest BCUT2D eigenvalue weighted by Crippen LogP contribution is 2.43. The first-order chi connectivity index (χ1) is 20.7. The fraction of sp³-hybridized carbons (Fsp3) is 0. The zero-order valence-electron chi connectivity index (χ0n) is 22.4. The van der Waals surface area contributed by atoms with Crippen LogP contribution in [0.5, 0.6) is 0 Å². The Morgan fingerprint density at radius 2 is 1.17 bits per heavy atom. The summed E-state index contributed by atoms with van der Waals surface area (Å²) in [5.74, 6) is 0. The van der Waals surface area contributed by atoms with E-state index in [4.69, 9.17) is 11.6 Å². The minimum absolute atomic E-state index is 0.402. The minimum Gasteiger partial charge on any atom is -0.259 e. The van der Waals surface area contributed by atoms with Gasteiger partial charge in [0.15, 0.2) is 5.69 Å². The minimum atomic E-state index is 0.402. The van der Waals surface area contributed by atoms with E-state index in [1.807, 2.05) is 30.5 Å². The van der Waals surface area contributed by atoms with Gasteiger partial charge in [-0.1, -0.05) is 72.8 Å². The Balaban J connectivity index is 1.38. The van der Waals surface area contributed by atoms with Gasteiger partial charge < -0.3 is 0 Å². The molecule has 7 rings (SSSR count). The summed E-state index contributed by atoms with van der Waals surface area (Å²) in [4.78, 5) is 17.0. The Morgan fingerprint density at radius 3 is 1.79 bits per heavy atom. The normalized spacial score (nSPS) is 10.8. The molecular formula is C37H21N5. The predicted octanol–water partition coefficient (Wildman–Crippen LogP) is 9.27. The van der Waals surface area contributed by atoms with Gasteiger partial charge in [0.1, 0.15) is 11.8 Å². The second kappa shape index (κ2) is 10.4. The largest absolute Gasteiger partial charge is 0.259 e. The lowest BCUT2D eigenvalue weighted by molar-refractivity contribution is 1.26. The highest BCUT2D eigenvalue weighted by Gasteiger charge is 2.17. The van der Waals surface area contributed by atoms with Gasteiger partial charge in [0, 0.05) is 29.7 Å². The van der Waals surface area contributed by atoms with Gasteiger partial charge in [0.25, 0.3) is 0 Å². The first kappa shape index (κ1) is 24.8. The van der Waals surface area contributed by atoms with E-state index >= 15 is 0 Å². The van der Waals surface area contributed by atoms with E-state index in [0.29, 0.717) is 11.4 Å². The van der Waals surface area contributed by atoms with Crippen LogP contribution in [0.25, 0.3) is 71.2 Å². The summed E-state index contributed by atoms with van der Waals surface area (Å²) in [6, 6.07) is 38.8. The Morgan fingerprint density at radius 1 is 0.548 bits per heavy atom. The SMILES string of the molecule is [C-]#[N+]c1ccnc(-c2ccc(-c3c4ccccc4c(-c4ccc(-c5ccnc(C#N)c5)cc4)c4ccccc34)nc2)c1. The number of benzene rings is 4. The fourth-order valence-corrected chi connectivity index (χ4v) is 5.56. The van der Waals surface area contributed by atoms with Crippen LogP contribution in [0.2, 0.25) is 0 Å². The van der Waals surface area contributed by atoms with Crippen LogP contribution in [0.15, 0.2) is 128 Å². The van der Waals surface area contributed by atoms with E-state index in [9.17, 15) is 5.26 Å². The van der Waals surface area contributed by atoms with Crippen LogP contribution in [0.1, 0.15) is 5.69 Å². The van der Waals surface area contributed by atoms with Crippen LogP contribution in [-0.4, -0.2) is 15.0 Å². The molecule has 3 heterocycles. The summed E-state index contributed by atoms with van der Waals surface area (Å²) in [5.41, 5.74) is 8.78. The standard InChI is InChI=1S/C37H21N5/c1-39-28-17-19-41-35(21-28)27-14-15-34(42-23-27)37-32-8-4-2-6-30(32)36(31-7-3-5-9-33(31)37)25-12-10-24(11-13-25)26-16-18-40-29(20-26)22-38/h2-21,23H. The molecule has 0 amide bonds. The van der Waals surface area contributed by atoms with Crippen LogP contribution >= 0.6 is 0 Å². The van der Waals surface area contributed by atoms with Crippen LogP contribution in [0.3, 0.4) is 0 Å². The van der Waals surface area contributed by atoms with Crippen LogP contribution in [0.4, 0.5) is 5.69 Å². The van der Waals surface area contributed by atoms with Crippen molar-refractivity contribution >= 4 is 27.2 Å². The monoisotopic (exact) mass is 535 g/mol. The summed E-state index contributed by atoms with van der Waals surface area (Å²) in [7, 11) is 0. The third-order valence-corrected chi connectivity index (χ3v) is 7.50. The van der Waals surface area contributed by atoms with Crippen molar-refractivity contribution < 1.29 is 0 Å². The molecule has 0 aliphatic heterocycles. The maximum absolute atomic E-state index is 9.26. The van der Waals surface area contributed by atoms with E-state index in [1.54, 1.807) is 24.5 Å². The molecule has 0 saturated carbocycles. The summed E-state index contributed by atoms with van der Waals surface area (Å²) >= 11 is 0. The van der Waals surface area contributed by atoms with Crippen molar-refractivity contribution in [1.29, 1.82) is 5.26 Å².